The van der Waals surface area contributed by atoms with Crippen molar-refractivity contribution in [3.05, 3.63) is 0 Å². The van der Waals surface area contributed by atoms with Gasteiger partial charge in [-0.2, -0.15) is 4.31 Å². The molecule has 15 heavy (non-hydrogen) atoms. The Morgan fingerprint density at radius 1 is 1.13 bits per heavy atom. The second-order valence-electron chi connectivity index (χ2n) is 5.10. The van der Waals surface area contributed by atoms with E-state index in [9.17, 15) is 8.42 Å². The fourth-order valence-electron chi connectivity index (χ4n) is 2.95. The molecule has 88 valence electrons. The van der Waals surface area contributed by atoms with Gasteiger partial charge in [0.25, 0.3) is 0 Å². The molecular formula is C11H21NO2S. The smallest absolute Gasteiger partial charge is 0.212 e. The zero-order chi connectivity index (χ0) is 11.1. The second-order valence-corrected chi connectivity index (χ2v) is 7.55. The highest BCUT2D eigenvalue weighted by atomic mass is 32.2. The summed E-state index contributed by atoms with van der Waals surface area (Å²) in [4.78, 5) is 0. The molecule has 2 aliphatic rings. The predicted octanol–water partition coefficient (Wildman–Crippen LogP) is 1.99. The molecule has 2 rings (SSSR count). The van der Waals surface area contributed by atoms with E-state index in [0.717, 1.165) is 19.4 Å². The van der Waals surface area contributed by atoms with Crippen molar-refractivity contribution in [2.45, 2.75) is 57.2 Å². The summed E-state index contributed by atoms with van der Waals surface area (Å²) in [7, 11) is -3.01. The third-order valence-electron chi connectivity index (χ3n) is 3.88. The molecule has 0 aromatic heterocycles. The molecule has 0 amide bonds. The molecule has 1 aliphatic carbocycles. The number of fused-ring (bicyclic) bond motifs is 1. The summed E-state index contributed by atoms with van der Waals surface area (Å²) in [6.45, 7) is 4.33. The maximum absolute atomic E-state index is 12.1. The Bertz CT molecular complexity index is 323. The Morgan fingerprint density at radius 2 is 1.80 bits per heavy atom. The minimum atomic E-state index is -3.01. The minimum Gasteiger partial charge on any atom is -0.212 e. The van der Waals surface area contributed by atoms with E-state index in [1.807, 2.05) is 0 Å². The van der Waals surface area contributed by atoms with Crippen LogP contribution in [0.5, 0.6) is 0 Å². The van der Waals surface area contributed by atoms with Gasteiger partial charge in [0.2, 0.25) is 10.0 Å². The van der Waals surface area contributed by atoms with Crippen LogP contribution >= 0.6 is 0 Å². The van der Waals surface area contributed by atoms with Gasteiger partial charge in [-0.05, 0) is 39.0 Å². The molecule has 0 radical (unpaired) electrons. The van der Waals surface area contributed by atoms with E-state index < -0.39 is 10.0 Å². The molecule has 0 bridgehead atoms. The molecular weight excluding hydrogens is 210 g/mol. The molecule has 0 aromatic carbocycles. The lowest BCUT2D eigenvalue weighted by atomic mass is 9.86. The van der Waals surface area contributed by atoms with Crippen LogP contribution in [-0.2, 0) is 10.0 Å². The highest BCUT2D eigenvalue weighted by molar-refractivity contribution is 7.89. The molecule has 0 spiro atoms. The number of hydrogen-bond acceptors (Lipinski definition) is 2. The molecule has 0 N–H and O–H groups in total. The standard InChI is InChI=1S/C11H21NO2S/c1-9(2)15(13,14)12-8-7-10-5-3-4-6-11(10)12/h9-11H,3-8H2,1-2H3. The molecule has 2 atom stereocenters. The first-order valence-electron chi connectivity index (χ1n) is 6.04. The van der Waals surface area contributed by atoms with Crippen LogP contribution in [0.15, 0.2) is 0 Å². The maximum Gasteiger partial charge on any atom is 0.216 e. The van der Waals surface area contributed by atoms with Crippen LogP contribution in [0.2, 0.25) is 0 Å². The minimum absolute atomic E-state index is 0.266. The van der Waals surface area contributed by atoms with E-state index in [2.05, 4.69) is 0 Å². The van der Waals surface area contributed by atoms with Crippen LogP contribution in [0.25, 0.3) is 0 Å². The molecule has 1 saturated heterocycles. The van der Waals surface area contributed by atoms with Crippen molar-refractivity contribution >= 4 is 10.0 Å². The lowest BCUT2D eigenvalue weighted by Gasteiger charge is -2.32. The van der Waals surface area contributed by atoms with Gasteiger partial charge >= 0.3 is 0 Å². The highest BCUT2D eigenvalue weighted by Gasteiger charge is 2.42. The van der Waals surface area contributed by atoms with Crippen molar-refractivity contribution < 1.29 is 8.42 Å². The van der Waals surface area contributed by atoms with Crippen LogP contribution < -0.4 is 0 Å². The molecule has 4 heteroatoms. The summed E-state index contributed by atoms with van der Waals surface area (Å²) < 4.78 is 26.0. The van der Waals surface area contributed by atoms with Crippen molar-refractivity contribution in [2.75, 3.05) is 6.54 Å². The Hall–Kier alpha value is -0.0900. The van der Waals surface area contributed by atoms with E-state index in [0.29, 0.717) is 12.0 Å². The van der Waals surface area contributed by atoms with Gasteiger partial charge in [-0.25, -0.2) is 8.42 Å². The Labute approximate surface area is 92.9 Å². The second kappa shape index (κ2) is 4.06. The third kappa shape index (κ3) is 1.94. The first-order valence-corrected chi connectivity index (χ1v) is 7.54. The summed E-state index contributed by atoms with van der Waals surface area (Å²) in [6.07, 6.45) is 5.88. The monoisotopic (exact) mass is 231 g/mol. The van der Waals surface area contributed by atoms with Crippen molar-refractivity contribution in [3.63, 3.8) is 0 Å². The lowest BCUT2D eigenvalue weighted by Crippen LogP contribution is -2.42. The molecule has 0 aromatic rings. The average Bonchev–Trinajstić information content (AvgIpc) is 2.61. The number of sulfonamides is 1. The maximum atomic E-state index is 12.1. The first kappa shape index (κ1) is 11.4. The normalized spacial score (nSPS) is 33.3. The number of hydrogen-bond donors (Lipinski definition) is 0. The van der Waals surface area contributed by atoms with Crippen LogP contribution in [-0.4, -0.2) is 30.6 Å². The average molecular weight is 231 g/mol. The van der Waals surface area contributed by atoms with Gasteiger partial charge in [0.1, 0.15) is 0 Å². The van der Waals surface area contributed by atoms with Gasteiger partial charge in [-0.1, -0.05) is 12.8 Å². The molecule has 1 heterocycles. The van der Waals surface area contributed by atoms with E-state index in [4.69, 9.17) is 0 Å². The lowest BCUT2D eigenvalue weighted by molar-refractivity contribution is 0.259. The van der Waals surface area contributed by atoms with Crippen molar-refractivity contribution in [1.82, 2.24) is 4.31 Å². The molecule has 1 saturated carbocycles. The topological polar surface area (TPSA) is 37.4 Å². The van der Waals surface area contributed by atoms with Gasteiger partial charge in [0.05, 0.1) is 5.25 Å². The molecule has 3 nitrogen and oxygen atoms in total. The zero-order valence-corrected chi connectivity index (χ0v) is 10.5. The van der Waals surface area contributed by atoms with Gasteiger partial charge in [-0.15, -0.1) is 0 Å². The van der Waals surface area contributed by atoms with Gasteiger partial charge < -0.3 is 0 Å². The van der Waals surface area contributed by atoms with Gasteiger partial charge in [-0.3, -0.25) is 0 Å². The molecule has 2 fully saturated rings. The zero-order valence-electron chi connectivity index (χ0n) is 9.65. The Kier molecular flexibility index (Phi) is 3.08. The van der Waals surface area contributed by atoms with Crippen molar-refractivity contribution in [3.8, 4) is 0 Å². The quantitative estimate of drug-likeness (QED) is 0.729. The summed E-state index contributed by atoms with van der Waals surface area (Å²) in [5.74, 6) is 0.646. The summed E-state index contributed by atoms with van der Waals surface area (Å²) in [5, 5.41) is -0.266. The van der Waals surface area contributed by atoms with E-state index in [-0.39, 0.29) is 5.25 Å². The molecule has 2 unspecified atom stereocenters. The highest BCUT2D eigenvalue weighted by Crippen LogP contribution is 2.38. The fourth-order valence-corrected chi connectivity index (χ4v) is 4.51. The van der Waals surface area contributed by atoms with Gasteiger partial charge in [0.15, 0.2) is 0 Å². The largest absolute Gasteiger partial charge is 0.216 e. The van der Waals surface area contributed by atoms with Crippen molar-refractivity contribution in [2.24, 2.45) is 5.92 Å². The number of nitrogens with zero attached hydrogens (tertiary/aromatic N) is 1. The van der Waals surface area contributed by atoms with Crippen LogP contribution in [0.1, 0.15) is 46.0 Å². The fraction of sp³-hybridized carbons (Fsp3) is 1.00. The van der Waals surface area contributed by atoms with E-state index in [1.54, 1.807) is 18.2 Å². The number of rotatable bonds is 2. The van der Waals surface area contributed by atoms with E-state index in [1.165, 1.54) is 19.3 Å². The Morgan fingerprint density at radius 3 is 2.47 bits per heavy atom. The summed E-state index contributed by atoms with van der Waals surface area (Å²) in [6, 6.07) is 0.325. The Balaban J connectivity index is 2.18. The van der Waals surface area contributed by atoms with E-state index >= 15 is 0 Å². The van der Waals surface area contributed by atoms with Gasteiger partial charge in [0, 0.05) is 12.6 Å². The van der Waals surface area contributed by atoms with Crippen molar-refractivity contribution in [1.29, 1.82) is 0 Å². The third-order valence-corrected chi connectivity index (χ3v) is 6.18. The van der Waals surface area contributed by atoms with Crippen LogP contribution in [0, 0.1) is 5.92 Å². The van der Waals surface area contributed by atoms with Crippen LogP contribution in [0.3, 0.4) is 0 Å². The first-order chi connectivity index (χ1) is 7.03. The summed E-state index contributed by atoms with van der Waals surface area (Å²) in [5.41, 5.74) is 0. The summed E-state index contributed by atoms with van der Waals surface area (Å²) >= 11 is 0. The predicted molar refractivity (Wildman–Crippen MR) is 61.1 cm³/mol. The molecule has 1 aliphatic heterocycles. The SMILES string of the molecule is CC(C)S(=O)(=O)N1CCC2CCCCC21. The van der Waals surface area contributed by atoms with Crippen LogP contribution in [0.4, 0.5) is 0 Å².